The Balaban J connectivity index is 1.32. The molecule has 0 saturated carbocycles. The number of anilines is 1. The highest BCUT2D eigenvalue weighted by Crippen LogP contribution is 2.20. The Hall–Kier alpha value is -3.28. The quantitative estimate of drug-likeness (QED) is 0.507. The number of hydrogen-bond acceptors (Lipinski definition) is 7. The standard InChI is InChI=1S/C28H42N8O3/c1-20(19-33-12-4-5-22(29)10-13-33)21-6-8-23(9-7-21)36-14-11-24(32-27(36)39)31-26(38)35-17-15-34(16-18-35)25(37)28(2,3)30/h6-9,11,14,20,22H,4-5,10,12-13,15-19,29-30H2,1-3H3,(H,31,32,38,39). The molecule has 0 aliphatic carbocycles. The Bertz CT molecular complexity index is 1200. The number of urea groups is 1. The molecule has 1 aromatic carbocycles. The van der Waals surface area contributed by atoms with E-state index in [1.165, 1.54) is 10.1 Å². The molecule has 2 aliphatic heterocycles. The van der Waals surface area contributed by atoms with Gasteiger partial charge in [0.25, 0.3) is 0 Å². The molecule has 0 radical (unpaired) electrons. The van der Waals surface area contributed by atoms with E-state index in [0.717, 1.165) is 38.9 Å². The Labute approximate surface area is 230 Å². The van der Waals surface area contributed by atoms with Crippen LogP contribution in [-0.4, -0.2) is 93.6 Å². The third-order valence-electron chi connectivity index (χ3n) is 7.58. The molecule has 5 N–H and O–H groups in total. The van der Waals surface area contributed by atoms with Gasteiger partial charge >= 0.3 is 11.7 Å². The van der Waals surface area contributed by atoms with Crippen LogP contribution in [0.4, 0.5) is 10.6 Å². The smallest absolute Gasteiger partial charge is 0.338 e. The van der Waals surface area contributed by atoms with Crippen molar-refractivity contribution in [3.05, 3.63) is 52.6 Å². The second-order valence-electron chi connectivity index (χ2n) is 11.4. The van der Waals surface area contributed by atoms with Gasteiger partial charge in [0.05, 0.1) is 11.2 Å². The number of amides is 3. The summed E-state index contributed by atoms with van der Waals surface area (Å²) in [5, 5.41) is 2.70. The molecule has 2 fully saturated rings. The van der Waals surface area contributed by atoms with Crippen LogP contribution in [-0.2, 0) is 4.79 Å². The number of carbonyl (C=O) groups is 2. The third kappa shape index (κ3) is 7.43. The van der Waals surface area contributed by atoms with Crippen LogP contribution in [0.25, 0.3) is 5.69 Å². The Kier molecular flexibility index (Phi) is 9.04. The fourth-order valence-corrected chi connectivity index (χ4v) is 5.20. The van der Waals surface area contributed by atoms with Gasteiger partial charge in [0.2, 0.25) is 5.91 Å². The van der Waals surface area contributed by atoms with Crippen molar-refractivity contribution in [1.82, 2.24) is 24.3 Å². The minimum atomic E-state index is -0.946. The van der Waals surface area contributed by atoms with Crippen molar-refractivity contribution in [3.63, 3.8) is 0 Å². The third-order valence-corrected chi connectivity index (χ3v) is 7.58. The van der Waals surface area contributed by atoms with Crippen LogP contribution in [0.5, 0.6) is 0 Å². The molecule has 39 heavy (non-hydrogen) atoms. The summed E-state index contributed by atoms with van der Waals surface area (Å²) in [4.78, 5) is 47.7. The van der Waals surface area contributed by atoms with E-state index in [2.05, 4.69) is 34.3 Å². The molecule has 3 amide bonds. The number of nitrogens with two attached hydrogens (primary N) is 2. The number of likely N-dealkylation sites (tertiary alicyclic amines) is 1. The van der Waals surface area contributed by atoms with Gasteiger partial charge in [0.1, 0.15) is 5.82 Å². The van der Waals surface area contributed by atoms with Gasteiger partial charge in [-0.2, -0.15) is 4.98 Å². The highest BCUT2D eigenvalue weighted by Gasteiger charge is 2.31. The second-order valence-corrected chi connectivity index (χ2v) is 11.4. The average Bonchev–Trinajstić information content (AvgIpc) is 3.11. The monoisotopic (exact) mass is 538 g/mol. The van der Waals surface area contributed by atoms with Gasteiger partial charge in [-0.25, -0.2) is 9.59 Å². The first kappa shape index (κ1) is 28.7. The van der Waals surface area contributed by atoms with Crippen LogP contribution in [0, 0.1) is 0 Å². The predicted molar refractivity (Wildman–Crippen MR) is 152 cm³/mol. The molecule has 11 heteroatoms. The number of carbonyl (C=O) groups excluding carboxylic acids is 2. The van der Waals surface area contributed by atoms with Gasteiger partial charge in [-0.3, -0.25) is 14.7 Å². The van der Waals surface area contributed by atoms with Gasteiger partial charge < -0.3 is 26.2 Å². The lowest BCUT2D eigenvalue weighted by Gasteiger charge is -2.37. The molecular formula is C28H42N8O3. The Morgan fingerprint density at radius 1 is 1.03 bits per heavy atom. The topological polar surface area (TPSA) is 143 Å². The number of nitrogens with one attached hydrogen (secondary N) is 1. The normalized spacial score (nSPS) is 19.9. The zero-order valence-corrected chi connectivity index (χ0v) is 23.3. The molecule has 3 heterocycles. The van der Waals surface area contributed by atoms with Crippen molar-refractivity contribution in [3.8, 4) is 5.69 Å². The average molecular weight is 539 g/mol. The highest BCUT2D eigenvalue weighted by atomic mass is 16.2. The largest absolute Gasteiger partial charge is 0.354 e. The molecule has 2 atom stereocenters. The van der Waals surface area contributed by atoms with E-state index >= 15 is 0 Å². The van der Waals surface area contributed by atoms with Crippen LogP contribution in [0.15, 0.2) is 41.3 Å². The van der Waals surface area contributed by atoms with Crippen LogP contribution < -0.4 is 22.5 Å². The SMILES string of the molecule is CC(CN1CCCC(N)CC1)c1ccc(-n2ccc(NC(=O)N3CCN(C(=O)C(C)(C)N)CC3)nc2=O)cc1. The van der Waals surface area contributed by atoms with Crippen LogP contribution in [0.2, 0.25) is 0 Å². The summed E-state index contributed by atoms with van der Waals surface area (Å²) >= 11 is 0. The van der Waals surface area contributed by atoms with Gasteiger partial charge in [-0.15, -0.1) is 0 Å². The molecule has 11 nitrogen and oxygen atoms in total. The fraction of sp³-hybridized carbons (Fsp3) is 0.571. The van der Waals surface area contributed by atoms with E-state index in [-0.39, 0.29) is 17.8 Å². The zero-order valence-electron chi connectivity index (χ0n) is 23.3. The first-order chi connectivity index (χ1) is 18.5. The number of aromatic nitrogens is 2. The lowest BCUT2D eigenvalue weighted by molar-refractivity contribution is -0.137. The van der Waals surface area contributed by atoms with Crippen molar-refractivity contribution in [2.75, 3.05) is 51.1 Å². The summed E-state index contributed by atoms with van der Waals surface area (Å²) in [6.07, 6.45) is 4.90. The van der Waals surface area contributed by atoms with E-state index in [4.69, 9.17) is 11.5 Å². The second kappa shape index (κ2) is 12.3. The minimum absolute atomic E-state index is 0.141. The maximum Gasteiger partial charge on any atom is 0.354 e. The maximum atomic E-state index is 12.8. The number of piperazine rings is 1. The Morgan fingerprint density at radius 2 is 1.69 bits per heavy atom. The van der Waals surface area contributed by atoms with E-state index in [1.807, 2.05) is 12.1 Å². The van der Waals surface area contributed by atoms with E-state index in [0.29, 0.717) is 43.8 Å². The van der Waals surface area contributed by atoms with Gasteiger partial charge in [-0.05, 0) is 75.9 Å². The first-order valence-corrected chi connectivity index (χ1v) is 13.8. The van der Waals surface area contributed by atoms with Gasteiger partial charge in [-0.1, -0.05) is 19.1 Å². The summed E-state index contributed by atoms with van der Waals surface area (Å²) < 4.78 is 1.46. The molecule has 4 rings (SSSR count). The first-order valence-electron chi connectivity index (χ1n) is 13.8. The van der Waals surface area contributed by atoms with E-state index in [1.54, 1.807) is 35.9 Å². The van der Waals surface area contributed by atoms with Crippen LogP contribution >= 0.6 is 0 Å². The molecule has 2 aromatic rings. The van der Waals surface area contributed by atoms with Gasteiger partial charge in [0, 0.05) is 45.0 Å². The summed E-state index contributed by atoms with van der Waals surface area (Å²) in [6, 6.07) is 9.53. The van der Waals surface area contributed by atoms with Crippen molar-refractivity contribution < 1.29 is 9.59 Å². The Morgan fingerprint density at radius 3 is 2.33 bits per heavy atom. The van der Waals surface area contributed by atoms with Crippen LogP contribution in [0.1, 0.15) is 51.5 Å². The molecule has 0 spiro atoms. The van der Waals surface area contributed by atoms with Gasteiger partial charge in [0.15, 0.2) is 0 Å². The molecule has 0 bridgehead atoms. The molecule has 2 unspecified atom stereocenters. The highest BCUT2D eigenvalue weighted by molar-refractivity contribution is 5.89. The molecular weight excluding hydrogens is 496 g/mol. The summed E-state index contributed by atoms with van der Waals surface area (Å²) in [5.41, 5.74) is 12.5. The minimum Gasteiger partial charge on any atom is -0.338 e. The van der Waals surface area contributed by atoms with E-state index < -0.39 is 11.2 Å². The number of hydrogen-bond donors (Lipinski definition) is 3. The number of benzene rings is 1. The fourth-order valence-electron chi connectivity index (χ4n) is 5.20. The van der Waals surface area contributed by atoms with Crippen molar-refractivity contribution in [2.24, 2.45) is 11.5 Å². The number of nitrogens with zero attached hydrogens (tertiary/aromatic N) is 5. The maximum absolute atomic E-state index is 12.8. The predicted octanol–water partition coefficient (Wildman–Crippen LogP) is 1.56. The number of rotatable bonds is 6. The molecule has 212 valence electrons. The molecule has 1 aromatic heterocycles. The van der Waals surface area contributed by atoms with Crippen molar-refractivity contribution in [2.45, 2.75) is 57.5 Å². The van der Waals surface area contributed by atoms with Crippen LogP contribution in [0.3, 0.4) is 0 Å². The van der Waals surface area contributed by atoms with Crippen molar-refractivity contribution in [1.29, 1.82) is 0 Å². The summed E-state index contributed by atoms with van der Waals surface area (Å²) in [6.45, 7) is 10.2. The molecule has 2 aliphatic rings. The lowest BCUT2D eigenvalue weighted by atomic mass is 10.00. The summed E-state index contributed by atoms with van der Waals surface area (Å²) in [5.74, 6) is 0.408. The summed E-state index contributed by atoms with van der Waals surface area (Å²) in [7, 11) is 0. The lowest BCUT2D eigenvalue weighted by Crippen LogP contribution is -2.58. The zero-order chi connectivity index (χ0) is 28.2. The van der Waals surface area contributed by atoms with Crippen molar-refractivity contribution >= 4 is 17.8 Å². The van der Waals surface area contributed by atoms with E-state index in [9.17, 15) is 14.4 Å². The molecule has 2 saturated heterocycles.